The summed E-state index contributed by atoms with van der Waals surface area (Å²) in [7, 11) is 0. The normalized spacial score (nSPS) is 26.7. The number of fused-ring (bicyclic) bond motifs is 1. The first-order chi connectivity index (χ1) is 9.72. The van der Waals surface area contributed by atoms with Crippen molar-refractivity contribution in [1.29, 1.82) is 0 Å². The topological polar surface area (TPSA) is 15.3 Å². The molecule has 2 nitrogen and oxygen atoms in total. The molecule has 0 saturated carbocycles. The third-order valence-corrected chi connectivity index (χ3v) is 5.95. The van der Waals surface area contributed by atoms with Crippen LogP contribution in [0.15, 0.2) is 23.1 Å². The fourth-order valence-corrected chi connectivity index (χ4v) is 4.69. The number of nitrogens with zero attached hydrogens (tertiary/aromatic N) is 1. The van der Waals surface area contributed by atoms with Crippen LogP contribution in [0.25, 0.3) is 0 Å². The lowest BCUT2D eigenvalue weighted by atomic mass is 9.94. The second-order valence-corrected chi connectivity index (χ2v) is 7.63. The standard InChI is InChI=1S/C15H20Cl2N2S/c16-12-3-4-13(17)15(8-12)20-7-6-19-9-11-2-1-5-18-14(11)10-19/h3-4,8,11,14,18H,1-2,5-7,9-10H2/t11-,14+/m0/s1. The third-order valence-electron chi connectivity index (χ3n) is 4.23. The van der Waals surface area contributed by atoms with Crippen LogP contribution in [0.5, 0.6) is 0 Å². The van der Waals surface area contributed by atoms with E-state index in [-0.39, 0.29) is 0 Å². The fourth-order valence-electron chi connectivity index (χ4n) is 3.19. The predicted octanol–water partition coefficient (Wildman–Crippen LogP) is 3.77. The summed E-state index contributed by atoms with van der Waals surface area (Å²) in [5, 5.41) is 5.21. The third kappa shape index (κ3) is 3.63. The molecule has 0 bridgehead atoms. The van der Waals surface area contributed by atoms with E-state index in [1.165, 1.54) is 32.5 Å². The molecule has 0 spiro atoms. The summed E-state index contributed by atoms with van der Waals surface area (Å²) in [5.41, 5.74) is 0. The number of hydrogen-bond donors (Lipinski definition) is 1. The largest absolute Gasteiger partial charge is 0.312 e. The quantitative estimate of drug-likeness (QED) is 0.846. The van der Waals surface area contributed by atoms with Crippen LogP contribution in [-0.2, 0) is 0 Å². The highest BCUT2D eigenvalue weighted by atomic mass is 35.5. The van der Waals surface area contributed by atoms with Crippen LogP contribution in [0.1, 0.15) is 12.8 Å². The Morgan fingerprint density at radius 1 is 1.30 bits per heavy atom. The average Bonchev–Trinajstić information content (AvgIpc) is 2.85. The summed E-state index contributed by atoms with van der Waals surface area (Å²) in [4.78, 5) is 3.67. The minimum atomic E-state index is 0.725. The summed E-state index contributed by atoms with van der Waals surface area (Å²) >= 11 is 14.0. The predicted molar refractivity (Wildman–Crippen MR) is 88.1 cm³/mol. The number of halogens is 2. The Hall–Kier alpha value is 0.0700. The van der Waals surface area contributed by atoms with Gasteiger partial charge in [-0.1, -0.05) is 23.2 Å². The lowest BCUT2D eigenvalue weighted by Gasteiger charge is -2.24. The molecule has 20 heavy (non-hydrogen) atoms. The van der Waals surface area contributed by atoms with Crippen LogP contribution in [0.2, 0.25) is 10.0 Å². The van der Waals surface area contributed by atoms with Gasteiger partial charge in [-0.2, -0.15) is 0 Å². The van der Waals surface area contributed by atoms with E-state index in [2.05, 4.69) is 10.2 Å². The molecule has 0 aromatic heterocycles. The number of nitrogens with one attached hydrogen (secondary N) is 1. The average molecular weight is 331 g/mol. The van der Waals surface area contributed by atoms with Gasteiger partial charge in [-0.25, -0.2) is 0 Å². The molecular weight excluding hydrogens is 311 g/mol. The highest BCUT2D eigenvalue weighted by Gasteiger charge is 2.33. The second kappa shape index (κ2) is 6.89. The van der Waals surface area contributed by atoms with Gasteiger partial charge in [-0.15, -0.1) is 11.8 Å². The van der Waals surface area contributed by atoms with Crippen molar-refractivity contribution in [2.24, 2.45) is 5.92 Å². The van der Waals surface area contributed by atoms with Crippen molar-refractivity contribution in [2.75, 3.05) is 31.9 Å². The molecule has 0 amide bonds. The van der Waals surface area contributed by atoms with Crippen molar-refractivity contribution in [3.63, 3.8) is 0 Å². The number of benzene rings is 1. The molecular formula is C15H20Cl2N2S. The molecule has 2 atom stereocenters. The summed E-state index contributed by atoms with van der Waals surface area (Å²) < 4.78 is 0. The molecule has 110 valence electrons. The van der Waals surface area contributed by atoms with E-state index in [4.69, 9.17) is 23.2 Å². The lowest BCUT2D eigenvalue weighted by molar-refractivity contribution is 0.332. The maximum absolute atomic E-state index is 6.19. The van der Waals surface area contributed by atoms with Crippen molar-refractivity contribution in [1.82, 2.24) is 10.2 Å². The van der Waals surface area contributed by atoms with E-state index < -0.39 is 0 Å². The maximum Gasteiger partial charge on any atom is 0.0542 e. The molecule has 2 heterocycles. The fraction of sp³-hybridized carbons (Fsp3) is 0.600. The van der Waals surface area contributed by atoms with Crippen LogP contribution in [-0.4, -0.2) is 42.9 Å². The lowest BCUT2D eigenvalue weighted by Crippen LogP contribution is -2.40. The Bertz CT molecular complexity index is 455. The minimum absolute atomic E-state index is 0.725. The van der Waals surface area contributed by atoms with Gasteiger partial charge in [0.1, 0.15) is 0 Å². The molecule has 2 fully saturated rings. The van der Waals surface area contributed by atoms with Gasteiger partial charge in [-0.3, -0.25) is 0 Å². The molecule has 0 unspecified atom stereocenters. The van der Waals surface area contributed by atoms with Crippen molar-refractivity contribution in [2.45, 2.75) is 23.8 Å². The molecule has 2 aliphatic rings. The van der Waals surface area contributed by atoms with Crippen LogP contribution >= 0.6 is 35.0 Å². The second-order valence-electron chi connectivity index (χ2n) is 5.65. The summed E-state index contributed by atoms with van der Waals surface area (Å²) in [6, 6.07) is 6.40. The number of thioether (sulfide) groups is 1. The number of piperidine rings is 1. The summed E-state index contributed by atoms with van der Waals surface area (Å²) in [6.07, 6.45) is 2.73. The van der Waals surface area contributed by atoms with Gasteiger partial charge >= 0.3 is 0 Å². The van der Waals surface area contributed by atoms with Gasteiger partial charge in [0.25, 0.3) is 0 Å². The zero-order valence-electron chi connectivity index (χ0n) is 11.4. The van der Waals surface area contributed by atoms with Crippen LogP contribution in [0.3, 0.4) is 0 Å². The minimum Gasteiger partial charge on any atom is -0.312 e. The first-order valence-electron chi connectivity index (χ1n) is 7.26. The number of likely N-dealkylation sites (tertiary alicyclic amines) is 1. The van der Waals surface area contributed by atoms with Crippen molar-refractivity contribution in [3.05, 3.63) is 28.2 Å². The first kappa shape index (κ1) is 15.0. The Kier molecular flexibility index (Phi) is 5.16. The van der Waals surface area contributed by atoms with Gasteiger partial charge in [-0.05, 0) is 43.5 Å². The summed E-state index contributed by atoms with van der Waals surface area (Å²) in [5.74, 6) is 1.93. The highest BCUT2D eigenvalue weighted by Crippen LogP contribution is 2.30. The Morgan fingerprint density at radius 3 is 3.05 bits per heavy atom. The van der Waals surface area contributed by atoms with E-state index >= 15 is 0 Å². The van der Waals surface area contributed by atoms with E-state index in [1.807, 2.05) is 18.2 Å². The summed E-state index contributed by atoms with van der Waals surface area (Å²) in [6.45, 7) is 4.78. The van der Waals surface area contributed by atoms with Crippen LogP contribution in [0, 0.1) is 5.92 Å². The number of rotatable bonds is 4. The van der Waals surface area contributed by atoms with Gasteiger partial charge in [0.2, 0.25) is 0 Å². The molecule has 0 radical (unpaired) electrons. The SMILES string of the molecule is Clc1ccc(Cl)c(SCCN2C[C@@H]3CCCN[C@@H]3C2)c1. The van der Waals surface area contributed by atoms with E-state index in [1.54, 1.807) is 11.8 Å². The van der Waals surface area contributed by atoms with Crippen molar-refractivity contribution in [3.8, 4) is 0 Å². The molecule has 1 aromatic carbocycles. The van der Waals surface area contributed by atoms with Gasteiger partial charge in [0.05, 0.1) is 5.02 Å². The Labute approximate surface area is 135 Å². The van der Waals surface area contributed by atoms with E-state index in [0.717, 1.165) is 39.2 Å². The highest BCUT2D eigenvalue weighted by molar-refractivity contribution is 7.99. The molecule has 2 saturated heterocycles. The first-order valence-corrected chi connectivity index (χ1v) is 9.00. The van der Waals surface area contributed by atoms with Gasteiger partial charge in [0, 0.05) is 41.3 Å². The van der Waals surface area contributed by atoms with Crippen molar-refractivity contribution < 1.29 is 0 Å². The zero-order valence-corrected chi connectivity index (χ0v) is 13.8. The zero-order chi connectivity index (χ0) is 13.9. The monoisotopic (exact) mass is 330 g/mol. The molecule has 2 aliphatic heterocycles. The van der Waals surface area contributed by atoms with Gasteiger partial charge in [0.15, 0.2) is 0 Å². The molecule has 5 heteroatoms. The van der Waals surface area contributed by atoms with Crippen LogP contribution < -0.4 is 5.32 Å². The van der Waals surface area contributed by atoms with E-state index in [0.29, 0.717) is 0 Å². The molecule has 1 aromatic rings. The molecule has 1 N–H and O–H groups in total. The Balaban J connectivity index is 1.47. The van der Waals surface area contributed by atoms with E-state index in [9.17, 15) is 0 Å². The molecule has 3 rings (SSSR count). The van der Waals surface area contributed by atoms with Gasteiger partial charge < -0.3 is 10.2 Å². The van der Waals surface area contributed by atoms with Crippen molar-refractivity contribution >= 4 is 35.0 Å². The smallest absolute Gasteiger partial charge is 0.0542 e. The van der Waals surface area contributed by atoms with Crippen LogP contribution in [0.4, 0.5) is 0 Å². The maximum atomic E-state index is 6.19. The Morgan fingerprint density at radius 2 is 2.20 bits per heavy atom. The molecule has 0 aliphatic carbocycles. The number of hydrogen-bond acceptors (Lipinski definition) is 3.